The number of rotatable bonds is 13. The Bertz CT molecular complexity index is 1060. The minimum atomic E-state index is -0.894. The molecule has 0 bridgehead atoms. The number of hydrogen-bond acceptors (Lipinski definition) is 8. The normalized spacial score (nSPS) is 14.5. The number of amides is 3. The van der Waals surface area contributed by atoms with Crippen molar-refractivity contribution >= 4 is 34.9 Å². The fraction of sp³-hybridized carbons (Fsp3) is 0.538. The molecule has 1 aromatic carbocycles. The Morgan fingerprint density at radius 3 is 2.32 bits per heavy atom. The number of carbonyl (C=O) groups excluding carboxylic acids is 3. The average Bonchev–Trinajstić information content (AvgIpc) is 3.55. The quantitative estimate of drug-likeness (QED) is 0.361. The van der Waals surface area contributed by atoms with Gasteiger partial charge in [0.15, 0.2) is 5.69 Å². The molecule has 5 N–H and O–H groups in total. The van der Waals surface area contributed by atoms with Gasteiger partial charge in [-0.15, -0.1) is 0 Å². The number of benzene rings is 1. The van der Waals surface area contributed by atoms with Crippen LogP contribution in [0, 0.1) is 0 Å². The number of primary amides is 1. The summed E-state index contributed by atoms with van der Waals surface area (Å²) in [4.78, 5) is 43.4. The van der Waals surface area contributed by atoms with Gasteiger partial charge in [-0.05, 0) is 68.1 Å². The van der Waals surface area contributed by atoms with Crippen molar-refractivity contribution in [2.45, 2.75) is 58.0 Å². The van der Waals surface area contributed by atoms with Crippen molar-refractivity contribution < 1.29 is 19.1 Å². The molecule has 1 fully saturated rings. The van der Waals surface area contributed by atoms with E-state index in [1.165, 1.54) is 0 Å². The molecule has 1 aromatic heterocycles. The third-order valence-corrected chi connectivity index (χ3v) is 7.73. The third kappa shape index (κ3) is 6.98. The first-order chi connectivity index (χ1) is 17.8. The lowest BCUT2D eigenvalue weighted by molar-refractivity contribution is -0.126. The van der Waals surface area contributed by atoms with Gasteiger partial charge in [0, 0.05) is 12.6 Å². The molecule has 11 heteroatoms. The van der Waals surface area contributed by atoms with Gasteiger partial charge in [0.05, 0.1) is 12.8 Å². The Morgan fingerprint density at radius 2 is 1.78 bits per heavy atom. The van der Waals surface area contributed by atoms with Crippen molar-refractivity contribution in [2.75, 3.05) is 39.0 Å². The molecule has 1 atom stereocenters. The number of methoxy groups -OCH3 is 1. The predicted octanol–water partition coefficient (Wildman–Crippen LogP) is 2.81. The van der Waals surface area contributed by atoms with E-state index in [-0.39, 0.29) is 28.2 Å². The van der Waals surface area contributed by atoms with Crippen molar-refractivity contribution in [3.05, 3.63) is 40.4 Å². The summed E-state index contributed by atoms with van der Waals surface area (Å²) in [7, 11) is 1.57. The number of nitrogens with zero attached hydrogens (tertiary/aromatic N) is 3. The van der Waals surface area contributed by atoms with Crippen LogP contribution in [0.2, 0.25) is 0 Å². The molecule has 1 aliphatic carbocycles. The third-order valence-electron chi connectivity index (χ3n) is 6.88. The molecule has 2 aromatic rings. The summed E-state index contributed by atoms with van der Waals surface area (Å²) < 4.78 is 9.30. The second kappa shape index (κ2) is 13.4. The molecular weight excluding hydrogens is 492 g/mol. The Kier molecular flexibility index (Phi) is 10.3. The number of anilines is 1. The standard InChI is InChI=1S/C26H38N6O4S/c1-4-31(5-2)15-8-16-32(26(35)23-20(27)21(24(28)33)30-37-23)22(17-11-13-19(36-3)14-12-17)25(34)29-18-9-6-7-10-18/h11-14,18,22H,4-10,15-16,27H2,1-3H3,(H2,28,33)(H,29,34). The topological polar surface area (TPSA) is 144 Å². The molecule has 3 rings (SSSR count). The highest BCUT2D eigenvalue weighted by molar-refractivity contribution is 7.09. The first-order valence-corrected chi connectivity index (χ1v) is 13.6. The van der Waals surface area contributed by atoms with Gasteiger partial charge in [0.2, 0.25) is 5.91 Å². The molecule has 0 radical (unpaired) electrons. The van der Waals surface area contributed by atoms with Gasteiger partial charge in [-0.2, -0.15) is 4.37 Å². The van der Waals surface area contributed by atoms with E-state index in [4.69, 9.17) is 16.2 Å². The lowest BCUT2D eigenvalue weighted by Gasteiger charge is -2.33. The highest BCUT2D eigenvalue weighted by Gasteiger charge is 2.35. The zero-order valence-electron chi connectivity index (χ0n) is 21.9. The summed E-state index contributed by atoms with van der Waals surface area (Å²) in [5, 5.41) is 3.16. The largest absolute Gasteiger partial charge is 0.497 e. The van der Waals surface area contributed by atoms with Crippen molar-refractivity contribution in [2.24, 2.45) is 5.73 Å². The number of aromatic nitrogens is 1. The van der Waals surface area contributed by atoms with Crippen LogP contribution in [-0.2, 0) is 4.79 Å². The highest BCUT2D eigenvalue weighted by atomic mass is 32.1. The summed E-state index contributed by atoms with van der Waals surface area (Å²) in [5.74, 6) is -0.849. The molecule has 10 nitrogen and oxygen atoms in total. The second-order valence-electron chi connectivity index (χ2n) is 9.18. The second-order valence-corrected chi connectivity index (χ2v) is 9.96. The van der Waals surface area contributed by atoms with Crippen LogP contribution in [0.5, 0.6) is 5.75 Å². The van der Waals surface area contributed by atoms with Crippen LogP contribution in [0.25, 0.3) is 0 Å². The Morgan fingerprint density at radius 1 is 1.14 bits per heavy atom. The van der Waals surface area contributed by atoms with Gasteiger partial charge in [-0.3, -0.25) is 14.4 Å². The number of ether oxygens (including phenoxy) is 1. The Balaban J connectivity index is 2.00. The number of hydrogen-bond donors (Lipinski definition) is 3. The summed E-state index contributed by atoms with van der Waals surface area (Å²) >= 11 is 0.824. The summed E-state index contributed by atoms with van der Waals surface area (Å²) in [5.41, 5.74) is 12.0. The summed E-state index contributed by atoms with van der Waals surface area (Å²) in [6.45, 7) is 7.03. The van der Waals surface area contributed by atoms with E-state index in [9.17, 15) is 14.4 Å². The van der Waals surface area contributed by atoms with Crippen LogP contribution in [0.1, 0.15) is 77.7 Å². The summed E-state index contributed by atoms with van der Waals surface area (Å²) in [6.07, 6.45) is 4.62. The van der Waals surface area contributed by atoms with Gasteiger partial charge in [-0.25, -0.2) is 0 Å². The van der Waals surface area contributed by atoms with E-state index >= 15 is 0 Å². The average molecular weight is 531 g/mol. The molecule has 1 saturated carbocycles. The molecule has 0 aliphatic heterocycles. The van der Waals surface area contributed by atoms with Crippen LogP contribution in [0.15, 0.2) is 24.3 Å². The number of carbonyl (C=O) groups is 3. The zero-order valence-corrected chi connectivity index (χ0v) is 22.7. The van der Waals surface area contributed by atoms with Gasteiger partial charge in [0.25, 0.3) is 11.8 Å². The first kappa shape index (κ1) is 28.4. The van der Waals surface area contributed by atoms with Crippen molar-refractivity contribution in [3.63, 3.8) is 0 Å². The predicted molar refractivity (Wildman–Crippen MR) is 145 cm³/mol. The van der Waals surface area contributed by atoms with Crippen LogP contribution in [0.3, 0.4) is 0 Å². The lowest BCUT2D eigenvalue weighted by atomic mass is 10.0. The molecule has 37 heavy (non-hydrogen) atoms. The first-order valence-electron chi connectivity index (χ1n) is 12.8. The summed E-state index contributed by atoms with van der Waals surface area (Å²) in [6, 6.07) is 6.33. The smallest absolute Gasteiger partial charge is 0.270 e. The molecular formula is C26H38N6O4S. The maximum absolute atomic E-state index is 13.9. The van der Waals surface area contributed by atoms with E-state index in [1.54, 1.807) is 36.3 Å². The van der Waals surface area contributed by atoms with E-state index in [2.05, 4.69) is 28.4 Å². The number of nitrogens with two attached hydrogens (primary N) is 2. The minimum Gasteiger partial charge on any atom is -0.497 e. The van der Waals surface area contributed by atoms with Crippen molar-refractivity contribution in [1.82, 2.24) is 19.5 Å². The Labute approximate surface area is 222 Å². The maximum Gasteiger partial charge on any atom is 0.270 e. The molecule has 1 unspecified atom stereocenters. The number of nitrogen functional groups attached to an aromatic ring is 1. The van der Waals surface area contributed by atoms with Gasteiger partial charge >= 0.3 is 0 Å². The van der Waals surface area contributed by atoms with Crippen LogP contribution in [-0.4, -0.2) is 71.2 Å². The molecule has 1 heterocycles. The fourth-order valence-corrected chi connectivity index (χ4v) is 5.48. The van der Waals surface area contributed by atoms with Crippen LogP contribution < -0.4 is 21.5 Å². The van der Waals surface area contributed by atoms with Gasteiger partial charge < -0.3 is 31.3 Å². The Hall–Kier alpha value is -3.18. The van der Waals surface area contributed by atoms with Crippen LogP contribution in [0.4, 0.5) is 5.69 Å². The zero-order chi connectivity index (χ0) is 26.9. The molecule has 0 spiro atoms. The SMILES string of the molecule is CCN(CC)CCCN(C(=O)c1snc(C(N)=O)c1N)C(C(=O)NC1CCCC1)c1ccc(OC)cc1. The molecule has 0 saturated heterocycles. The molecule has 3 amide bonds. The fourth-order valence-electron chi connectivity index (χ4n) is 4.72. The highest BCUT2D eigenvalue weighted by Crippen LogP contribution is 2.30. The minimum absolute atomic E-state index is 0.0547. The maximum atomic E-state index is 13.9. The lowest BCUT2D eigenvalue weighted by Crippen LogP contribution is -2.47. The molecule has 202 valence electrons. The van der Waals surface area contributed by atoms with Crippen molar-refractivity contribution in [3.8, 4) is 5.75 Å². The van der Waals surface area contributed by atoms with Crippen molar-refractivity contribution in [1.29, 1.82) is 0 Å². The van der Waals surface area contributed by atoms with Crippen LogP contribution >= 0.6 is 11.5 Å². The molecule has 1 aliphatic rings. The van der Waals surface area contributed by atoms with E-state index in [0.29, 0.717) is 24.3 Å². The van der Waals surface area contributed by atoms with Gasteiger partial charge in [0.1, 0.15) is 16.7 Å². The van der Waals surface area contributed by atoms with E-state index in [1.807, 2.05) is 0 Å². The monoisotopic (exact) mass is 530 g/mol. The van der Waals surface area contributed by atoms with E-state index in [0.717, 1.165) is 56.9 Å². The van der Waals surface area contributed by atoms with E-state index < -0.39 is 17.9 Å². The number of nitrogens with one attached hydrogen (secondary N) is 1. The van der Waals surface area contributed by atoms with Gasteiger partial charge in [-0.1, -0.05) is 38.8 Å².